The van der Waals surface area contributed by atoms with Gasteiger partial charge in [-0.3, -0.25) is 14.4 Å². The van der Waals surface area contributed by atoms with Gasteiger partial charge < -0.3 is 25.2 Å². The van der Waals surface area contributed by atoms with Crippen LogP contribution < -0.4 is 10.6 Å². The number of nitrogens with one attached hydrogen (secondary N) is 2. The summed E-state index contributed by atoms with van der Waals surface area (Å²) in [7, 11) is 1.67. The van der Waals surface area contributed by atoms with E-state index in [4.69, 9.17) is 0 Å². The van der Waals surface area contributed by atoms with Crippen LogP contribution in [0, 0.1) is 5.92 Å². The highest BCUT2D eigenvalue weighted by molar-refractivity contribution is 5.92. The third-order valence-electron chi connectivity index (χ3n) is 5.82. The highest BCUT2D eigenvalue weighted by atomic mass is 16.2. The summed E-state index contributed by atoms with van der Waals surface area (Å²) < 4.78 is 0. The molecule has 3 amide bonds. The van der Waals surface area contributed by atoms with Crippen LogP contribution in [0.3, 0.4) is 0 Å². The van der Waals surface area contributed by atoms with Crippen LogP contribution >= 0.6 is 0 Å². The lowest BCUT2D eigenvalue weighted by Gasteiger charge is -2.38. The van der Waals surface area contributed by atoms with Crippen LogP contribution in [0.5, 0.6) is 0 Å². The van der Waals surface area contributed by atoms with Crippen LogP contribution in [0.1, 0.15) is 52.9 Å². The fraction of sp³-hybridized carbons (Fsp3) is 0.800. The van der Waals surface area contributed by atoms with Crippen molar-refractivity contribution in [3.63, 3.8) is 0 Å². The summed E-state index contributed by atoms with van der Waals surface area (Å²) in [4.78, 5) is 53.2. The van der Waals surface area contributed by atoms with Gasteiger partial charge in [-0.05, 0) is 45.6 Å². The average Bonchev–Trinajstić information content (AvgIpc) is 3.08. The van der Waals surface area contributed by atoms with E-state index in [-0.39, 0.29) is 30.3 Å². The van der Waals surface area contributed by atoms with Crippen LogP contribution in [-0.2, 0) is 19.2 Å². The molecule has 2 N–H and O–H groups in total. The van der Waals surface area contributed by atoms with Gasteiger partial charge in [0.05, 0.1) is 12.1 Å². The van der Waals surface area contributed by atoms with Gasteiger partial charge in [-0.2, -0.15) is 0 Å². The number of carbonyl (C=O) groups excluding carboxylic acids is 4. The Kier molecular flexibility index (Phi) is 7.98. The van der Waals surface area contributed by atoms with Crippen molar-refractivity contribution in [1.29, 1.82) is 0 Å². The van der Waals surface area contributed by atoms with Gasteiger partial charge in [0.2, 0.25) is 17.7 Å². The molecule has 2 fully saturated rings. The molecule has 4 atom stereocenters. The molecule has 8 nitrogen and oxygen atoms in total. The Balaban J connectivity index is 2.21. The molecule has 8 heteroatoms. The number of hydrogen-bond acceptors (Lipinski definition) is 5. The lowest BCUT2D eigenvalue weighted by Crippen LogP contribution is -2.61. The van der Waals surface area contributed by atoms with Gasteiger partial charge in [0, 0.05) is 25.6 Å². The Labute approximate surface area is 167 Å². The summed E-state index contributed by atoms with van der Waals surface area (Å²) in [6, 6.07) is -1.81. The molecule has 158 valence electrons. The predicted molar refractivity (Wildman–Crippen MR) is 105 cm³/mol. The first-order valence-electron chi connectivity index (χ1n) is 10.3. The number of rotatable bonds is 7. The van der Waals surface area contributed by atoms with Gasteiger partial charge in [0.15, 0.2) is 0 Å². The number of hydrogen-bond donors (Lipinski definition) is 2. The second-order valence-corrected chi connectivity index (χ2v) is 8.31. The average molecular weight is 395 g/mol. The second-order valence-electron chi connectivity index (χ2n) is 8.31. The SMILES string of the molecule is CN[C@@H](C)C(=O)N[C@H]1CN(C(=O)CCC(C)C)CC[C@H]2CC[C@@H](C=O)N2C1=O. The quantitative estimate of drug-likeness (QED) is 0.606. The lowest BCUT2D eigenvalue weighted by atomic mass is 10.0. The zero-order valence-electron chi connectivity index (χ0n) is 17.4. The minimum absolute atomic E-state index is 0.0146. The van der Waals surface area contributed by atoms with Crippen molar-refractivity contribution in [3.8, 4) is 0 Å². The molecular formula is C20H34N4O4. The van der Waals surface area contributed by atoms with Crippen LogP contribution in [0.2, 0.25) is 0 Å². The number of likely N-dealkylation sites (N-methyl/N-ethyl adjacent to an activating group) is 1. The maximum absolute atomic E-state index is 13.2. The van der Waals surface area contributed by atoms with Gasteiger partial charge in [0.25, 0.3) is 0 Å². The molecule has 0 bridgehead atoms. The van der Waals surface area contributed by atoms with E-state index in [0.29, 0.717) is 31.7 Å². The molecule has 2 heterocycles. The summed E-state index contributed by atoms with van der Waals surface area (Å²) in [5.41, 5.74) is 0. The minimum Gasteiger partial charge on any atom is -0.341 e. The summed E-state index contributed by atoms with van der Waals surface area (Å²) in [5, 5.41) is 5.65. The highest BCUT2D eigenvalue weighted by Gasteiger charge is 2.42. The Morgan fingerprint density at radius 1 is 1.21 bits per heavy atom. The van der Waals surface area contributed by atoms with E-state index < -0.39 is 18.1 Å². The molecule has 2 saturated heterocycles. The molecule has 2 aliphatic rings. The lowest BCUT2D eigenvalue weighted by molar-refractivity contribution is -0.145. The van der Waals surface area contributed by atoms with Gasteiger partial charge in [0.1, 0.15) is 12.3 Å². The van der Waals surface area contributed by atoms with Crippen molar-refractivity contribution >= 4 is 24.0 Å². The molecular weight excluding hydrogens is 360 g/mol. The molecule has 0 aliphatic carbocycles. The Morgan fingerprint density at radius 3 is 2.54 bits per heavy atom. The number of nitrogens with zero attached hydrogens (tertiary/aromatic N) is 2. The maximum atomic E-state index is 13.2. The number of carbonyl (C=O) groups is 4. The Morgan fingerprint density at radius 2 is 1.93 bits per heavy atom. The van der Waals surface area contributed by atoms with Crippen molar-refractivity contribution in [2.45, 2.75) is 77.0 Å². The molecule has 2 rings (SSSR count). The smallest absolute Gasteiger partial charge is 0.247 e. The van der Waals surface area contributed by atoms with Crippen molar-refractivity contribution in [1.82, 2.24) is 20.4 Å². The Bertz CT molecular complexity index is 595. The topological polar surface area (TPSA) is 98.8 Å². The molecule has 0 radical (unpaired) electrons. The normalized spacial score (nSPS) is 26.5. The highest BCUT2D eigenvalue weighted by Crippen LogP contribution is 2.28. The first-order valence-corrected chi connectivity index (χ1v) is 10.3. The first kappa shape index (κ1) is 22.3. The summed E-state index contributed by atoms with van der Waals surface area (Å²) in [6.07, 6.45) is 4.09. The third kappa shape index (κ3) is 5.31. The van der Waals surface area contributed by atoms with Crippen molar-refractivity contribution in [3.05, 3.63) is 0 Å². The van der Waals surface area contributed by atoms with Gasteiger partial charge in [-0.15, -0.1) is 0 Å². The molecule has 0 spiro atoms. The molecule has 0 unspecified atom stereocenters. The van der Waals surface area contributed by atoms with Crippen molar-refractivity contribution in [2.75, 3.05) is 20.1 Å². The Hall–Kier alpha value is -1.96. The van der Waals surface area contributed by atoms with E-state index in [0.717, 1.165) is 19.1 Å². The molecule has 0 aromatic heterocycles. The fourth-order valence-electron chi connectivity index (χ4n) is 3.88. The number of aldehydes is 1. The molecule has 2 aliphatic heterocycles. The van der Waals surface area contributed by atoms with Gasteiger partial charge in [-0.25, -0.2) is 0 Å². The monoisotopic (exact) mass is 394 g/mol. The van der Waals surface area contributed by atoms with Crippen LogP contribution in [0.25, 0.3) is 0 Å². The zero-order chi connectivity index (χ0) is 20.8. The van der Waals surface area contributed by atoms with Gasteiger partial charge in [-0.1, -0.05) is 13.8 Å². The van der Waals surface area contributed by atoms with Crippen LogP contribution in [0.4, 0.5) is 0 Å². The van der Waals surface area contributed by atoms with Crippen LogP contribution in [0.15, 0.2) is 0 Å². The predicted octanol–water partition coefficient (Wildman–Crippen LogP) is 0.306. The first-order chi connectivity index (χ1) is 13.3. The molecule has 0 saturated carbocycles. The maximum Gasteiger partial charge on any atom is 0.247 e. The van der Waals surface area contributed by atoms with E-state index in [9.17, 15) is 19.2 Å². The molecule has 0 aromatic rings. The summed E-state index contributed by atoms with van der Waals surface area (Å²) >= 11 is 0. The second kappa shape index (κ2) is 10.0. The largest absolute Gasteiger partial charge is 0.341 e. The van der Waals surface area contributed by atoms with E-state index in [2.05, 4.69) is 24.5 Å². The third-order valence-corrected chi connectivity index (χ3v) is 5.82. The summed E-state index contributed by atoms with van der Waals surface area (Å²) in [6.45, 7) is 6.53. The molecule has 0 aromatic carbocycles. The van der Waals surface area contributed by atoms with E-state index in [1.807, 2.05) is 0 Å². The number of amides is 3. The van der Waals surface area contributed by atoms with Crippen molar-refractivity contribution < 1.29 is 19.2 Å². The van der Waals surface area contributed by atoms with Gasteiger partial charge >= 0.3 is 0 Å². The van der Waals surface area contributed by atoms with E-state index >= 15 is 0 Å². The standard InChI is InChI=1S/C20H34N4O4/c1-13(2)5-8-18(26)23-10-9-15-6-7-16(12-25)24(15)20(28)17(11-23)22-19(27)14(3)21-4/h12-17,21H,5-11H2,1-4H3,(H,22,27)/t14-,15+,16-,17-/m0/s1. The minimum atomic E-state index is -0.838. The van der Waals surface area contributed by atoms with E-state index in [1.54, 1.807) is 23.8 Å². The summed E-state index contributed by atoms with van der Waals surface area (Å²) in [5.74, 6) is -0.126. The zero-order valence-corrected chi connectivity index (χ0v) is 17.4. The number of fused-ring (bicyclic) bond motifs is 1. The molecule has 28 heavy (non-hydrogen) atoms. The van der Waals surface area contributed by atoms with Crippen molar-refractivity contribution in [2.24, 2.45) is 5.92 Å². The van der Waals surface area contributed by atoms with Crippen LogP contribution in [-0.4, -0.2) is 78.1 Å². The fourth-order valence-corrected chi connectivity index (χ4v) is 3.88. The van der Waals surface area contributed by atoms with E-state index in [1.165, 1.54) is 0 Å².